The van der Waals surface area contributed by atoms with Crippen molar-refractivity contribution in [1.82, 2.24) is 0 Å². The van der Waals surface area contributed by atoms with Crippen molar-refractivity contribution in [2.45, 2.75) is 26.4 Å². The summed E-state index contributed by atoms with van der Waals surface area (Å²) in [5.41, 5.74) is 5.64. The molecule has 102 valence electrons. The summed E-state index contributed by atoms with van der Waals surface area (Å²) in [6.45, 7) is 5.43. The summed E-state index contributed by atoms with van der Waals surface area (Å²) >= 11 is 0. The monoisotopic (exact) mass is 260 g/mol. The summed E-state index contributed by atoms with van der Waals surface area (Å²) < 4.78 is 38.9. The Bertz CT molecular complexity index is 384. The lowest BCUT2D eigenvalue weighted by Crippen LogP contribution is -2.23. The van der Waals surface area contributed by atoms with Gasteiger partial charge in [-0.3, -0.25) is 0 Å². The number of anilines is 1. The molecule has 0 bridgehead atoms. The SMILES string of the molecule is CCN(CC)c1ccc(CCN)c(C(F)(F)F)c1. The van der Waals surface area contributed by atoms with Gasteiger partial charge in [0.1, 0.15) is 0 Å². The fraction of sp³-hybridized carbons (Fsp3) is 0.538. The van der Waals surface area contributed by atoms with Crippen LogP contribution in [0.25, 0.3) is 0 Å². The Kier molecular flexibility index (Phi) is 5.02. The number of hydrogen-bond donors (Lipinski definition) is 1. The minimum Gasteiger partial charge on any atom is -0.372 e. The zero-order valence-electron chi connectivity index (χ0n) is 10.7. The van der Waals surface area contributed by atoms with Gasteiger partial charge in [-0.1, -0.05) is 6.07 Å². The minimum absolute atomic E-state index is 0.216. The van der Waals surface area contributed by atoms with Crippen LogP contribution in [0.5, 0.6) is 0 Å². The molecule has 0 aliphatic carbocycles. The van der Waals surface area contributed by atoms with Gasteiger partial charge in [0.25, 0.3) is 0 Å². The molecule has 0 heterocycles. The summed E-state index contributed by atoms with van der Waals surface area (Å²) in [5.74, 6) is 0. The number of nitrogens with zero attached hydrogens (tertiary/aromatic N) is 1. The van der Waals surface area contributed by atoms with Crippen LogP contribution in [0.1, 0.15) is 25.0 Å². The highest BCUT2D eigenvalue weighted by atomic mass is 19.4. The number of rotatable bonds is 5. The third-order valence-electron chi connectivity index (χ3n) is 2.94. The summed E-state index contributed by atoms with van der Waals surface area (Å²) in [6, 6.07) is 4.48. The molecule has 1 aromatic carbocycles. The summed E-state index contributed by atoms with van der Waals surface area (Å²) in [4.78, 5) is 1.89. The van der Waals surface area contributed by atoms with Crippen molar-refractivity contribution in [2.24, 2.45) is 5.73 Å². The molecule has 5 heteroatoms. The van der Waals surface area contributed by atoms with E-state index in [0.717, 1.165) is 0 Å². The maximum atomic E-state index is 13.0. The van der Waals surface area contributed by atoms with E-state index in [1.807, 2.05) is 18.7 Å². The number of nitrogens with two attached hydrogens (primary N) is 1. The van der Waals surface area contributed by atoms with Crippen LogP contribution in [0.15, 0.2) is 18.2 Å². The summed E-state index contributed by atoms with van der Waals surface area (Å²) in [5, 5.41) is 0. The van der Waals surface area contributed by atoms with Gasteiger partial charge in [-0.05, 0) is 44.5 Å². The van der Waals surface area contributed by atoms with Crippen LogP contribution in [0.4, 0.5) is 18.9 Å². The molecule has 0 fully saturated rings. The topological polar surface area (TPSA) is 29.3 Å². The van der Waals surface area contributed by atoms with Crippen molar-refractivity contribution < 1.29 is 13.2 Å². The van der Waals surface area contributed by atoms with Crippen LogP contribution in [0.2, 0.25) is 0 Å². The molecule has 1 rings (SSSR count). The molecule has 0 aromatic heterocycles. The third-order valence-corrected chi connectivity index (χ3v) is 2.94. The second kappa shape index (κ2) is 6.09. The quantitative estimate of drug-likeness (QED) is 0.881. The first-order valence-electron chi connectivity index (χ1n) is 6.09. The largest absolute Gasteiger partial charge is 0.416 e. The lowest BCUT2D eigenvalue weighted by atomic mass is 10.0. The Morgan fingerprint density at radius 3 is 2.22 bits per heavy atom. The van der Waals surface area contributed by atoms with E-state index >= 15 is 0 Å². The second-order valence-electron chi connectivity index (χ2n) is 4.05. The molecule has 0 saturated heterocycles. The van der Waals surface area contributed by atoms with Crippen molar-refractivity contribution in [3.63, 3.8) is 0 Å². The van der Waals surface area contributed by atoms with Crippen LogP contribution in [-0.2, 0) is 12.6 Å². The molecule has 0 unspecified atom stereocenters. The predicted molar refractivity (Wildman–Crippen MR) is 67.8 cm³/mol. The van der Waals surface area contributed by atoms with Gasteiger partial charge in [0, 0.05) is 18.8 Å². The van der Waals surface area contributed by atoms with Crippen LogP contribution in [0.3, 0.4) is 0 Å². The highest BCUT2D eigenvalue weighted by Crippen LogP contribution is 2.34. The minimum atomic E-state index is -4.33. The molecule has 1 aromatic rings. The average Bonchev–Trinajstić information content (AvgIpc) is 2.31. The number of halogens is 3. The lowest BCUT2D eigenvalue weighted by molar-refractivity contribution is -0.138. The third kappa shape index (κ3) is 3.38. The van der Waals surface area contributed by atoms with Gasteiger partial charge >= 0.3 is 6.18 Å². The summed E-state index contributed by atoms with van der Waals surface area (Å²) in [7, 11) is 0. The second-order valence-corrected chi connectivity index (χ2v) is 4.05. The Morgan fingerprint density at radius 1 is 1.17 bits per heavy atom. The van der Waals surface area contributed by atoms with Gasteiger partial charge in [0.05, 0.1) is 5.56 Å². The Balaban J connectivity index is 3.20. The molecule has 0 spiro atoms. The molecule has 18 heavy (non-hydrogen) atoms. The first-order chi connectivity index (χ1) is 8.43. The molecular weight excluding hydrogens is 241 g/mol. The van der Waals surface area contributed by atoms with Gasteiger partial charge in [0.15, 0.2) is 0 Å². The number of hydrogen-bond acceptors (Lipinski definition) is 2. The average molecular weight is 260 g/mol. The van der Waals surface area contributed by atoms with E-state index in [9.17, 15) is 13.2 Å². The molecule has 0 aliphatic rings. The fourth-order valence-electron chi connectivity index (χ4n) is 1.99. The number of benzene rings is 1. The zero-order valence-corrected chi connectivity index (χ0v) is 10.7. The van der Waals surface area contributed by atoms with Gasteiger partial charge in [-0.15, -0.1) is 0 Å². The maximum absolute atomic E-state index is 13.0. The lowest BCUT2D eigenvalue weighted by Gasteiger charge is -2.23. The number of alkyl halides is 3. The van der Waals surface area contributed by atoms with E-state index in [1.165, 1.54) is 12.1 Å². The first-order valence-corrected chi connectivity index (χ1v) is 6.09. The van der Waals surface area contributed by atoms with Crippen molar-refractivity contribution in [2.75, 3.05) is 24.5 Å². The molecule has 2 N–H and O–H groups in total. The van der Waals surface area contributed by atoms with Crippen LogP contribution in [-0.4, -0.2) is 19.6 Å². The van der Waals surface area contributed by atoms with E-state index < -0.39 is 11.7 Å². The Hall–Kier alpha value is -1.23. The van der Waals surface area contributed by atoms with Crippen LogP contribution in [0, 0.1) is 0 Å². The van der Waals surface area contributed by atoms with E-state index in [4.69, 9.17) is 5.73 Å². The van der Waals surface area contributed by atoms with Gasteiger partial charge in [-0.25, -0.2) is 0 Å². The molecule has 2 nitrogen and oxygen atoms in total. The fourth-order valence-corrected chi connectivity index (χ4v) is 1.99. The van der Waals surface area contributed by atoms with Gasteiger partial charge in [0.2, 0.25) is 0 Å². The molecule has 0 radical (unpaired) electrons. The molecule has 0 saturated carbocycles. The standard InChI is InChI=1S/C13H19F3N2/c1-3-18(4-2)11-6-5-10(7-8-17)12(9-11)13(14,15)16/h5-6,9H,3-4,7-8,17H2,1-2H3. The molecule has 0 aliphatic heterocycles. The zero-order chi connectivity index (χ0) is 13.8. The van der Waals surface area contributed by atoms with Crippen molar-refractivity contribution in [1.29, 1.82) is 0 Å². The van der Waals surface area contributed by atoms with Crippen molar-refractivity contribution >= 4 is 5.69 Å². The van der Waals surface area contributed by atoms with Gasteiger partial charge in [-0.2, -0.15) is 13.2 Å². The summed E-state index contributed by atoms with van der Waals surface area (Å²) in [6.07, 6.45) is -4.08. The Labute approximate surface area is 106 Å². The van der Waals surface area contributed by atoms with Crippen molar-refractivity contribution in [3.05, 3.63) is 29.3 Å². The predicted octanol–water partition coefficient (Wildman–Crippen LogP) is 3.05. The molecule has 0 atom stereocenters. The molecular formula is C13H19F3N2. The molecule has 0 amide bonds. The van der Waals surface area contributed by atoms with Gasteiger partial charge < -0.3 is 10.6 Å². The van der Waals surface area contributed by atoms with E-state index in [-0.39, 0.29) is 18.5 Å². The normalized spacial score (nSPS) is 11.7. The smallest absolute Gasteiger partial charge is 0.372 e. The maximum Gasteiger partial charge on any atom is 0.416 e. The van der Waals surface area contributed by atoms with Crippen molar-refractivity contribution in [3.8, 4) is 0 Å². The van der Waals surface area contributed by atoms with E-state index in [1.54, 1.807) is 6.07 Å². The van der Waals surface area contributed by atoms with E-state index in [0.29, 0.717) is 18.8 Å². The highest BCUT2D eigenvalue weighted by Gasteiger charge is 2.33. The van der Waals surface area contributed by atoms with E-state index in [2.05, 4.69) is 0 Å². The van der Waals surface area contributed by atoms with Crippen LogP contribution >= 0.6 is 0 Å². The Morgan fingerprint density at radius 2 is 1.78 bits per heavy atom. The van der Waals surface area contributed by atoms with Crippen LogP contribution < -0.4 is 10.6 Å². The highest BCUT2D eigenvalue weighted by molar-refractivity contribution is 5.52. The first kappa shape index (κ1) is 14.8.